The van der Waals surface area contributed by atoms with Crippen molar-refractivity contribution in [3.05, 3.63) is 72.3 Å². The Morgan fingerprint density at radius 2 is 1.78 bits per heavy atom. The summed E-state index contributed by atoms with van der Waals surface area (Å²) in [6.45, 7) is 7.91. The van der Waals surface area contributed by atoms with Crippen LogP contribution in [0.4, 0.5) is 0 Å². The third-order valence-corrected chi connectivity index (χ3v) is 12.0. The normalized spacial score (nSPS) is 22.6. The fourth-order valence-electron chi connectivity index (χ4n) is 9.36. The van der Waals surface area contributed by atoms with Crippen molar-refractivity contribution in [3.63, 3.8) is 0 Å². The molecule has 6 rings (SSSR count). The van der Waals surface area contributed by atoms with Crippen molar-refractivity contribution < 1.29 is 28.8 Å². The second-order valence-corrected chi connectivity index (χ2v) is 15.6. The largest absolute Gasteiger partial charge is 0.346 e. The molecule has 5 amide bonds. The van der Waals surface area contributed by atoms with E-state index in [4.69, 9.17) is 6.42 Å². The lowest BCUT2D eigenvalue weighted by Crippen LogP contribution is -2.83. The molecule has 55 heavy (non-hydrogen) atoms. The van der Waals surface area contributed by atoms with E-state index in [0.29, 0.717) is 32.1 Å². The van der Waals surface area contributed by atoms with Crippen molar-refractivity contribution in [2.24, 2.45) is 17.8 Å². The number of likely N-dealkylation sites (tertiary alicyclic amines) is 2. The molecule has 1 saturated carbocycles. The summed E-state index contributed by atoms with van der Waals surface area (Å²) in [5.74, 6) is -1.45. The zero-order valence-corrected chi connectivity index (χ0v) is 31.7. The highest BCUT2D eigenvalue weighted by Crippen LogP contribution is 2.49. The van der Waals surface area contributed by atoms with E-state index in [9.17, 15) is 24.0 Å². The fourth-order valence-corrected chi connectivity index (χ4v) is 9.36. The van der Waals surface area contributed by atoms with Gasteiger partial charge in [-0.3, -0.25) is 33.8 Å². The number of aromatic nitrogens is 2. The lowest BCUT2D eigenvalue weighted by atomic mass is 9.66. The van der Waals surface area contributed by atoms with Gasteiger partial charge in [0.2, 0.25) is 23.5 Å². The number of fused-ring (bicyclic) bond motifs is 1. The van der Waals surface area contributed by atoms with Gasteiger partial charge < -0.3 is 25.8 Å². The number of ketones is 1. The number of Topliss-reactive ketones (excluding diaryl/α,β-unsaturated/α-hetero) is 1. The van der Waals surface area contributed by atoms with Crippen LogP contribution < -0.4 is 16.0 Å². The lowest BCUT2D eigenvalue weighted by molar-refractivity contribution is -0.183. The molecule has 3 N–H and O–H groups in total. The molecule has 3 heterocycles. The maximum absolute atomic E-state index is 15.4. The molecule has 0 bridgehead atoms. The summed E-state index contributed by atoms with van der Waals surface area (Å²) in [5.41, 5.74) is 1.53. The van der Waals surface area contributed by atoms with Crippen LogP contribution in [-0.4, -0.2) is 97.9 Å². The minimum absolute atomic E-state index is 0.00510. The first-order valence-electron chi connectivity index (χ1n) is 19.5. The van der Waals surface area contributed by atoms with E-state index in [0.717, 1.165) is 30.4 Å². The first kappa shape index (κ1) is 39.3. The van der Waals surface area contributed by atoms with Gasteiger partial charge in [0.25, 0.3) is 11.8 Å². The van der Waals surface area contributed by atoms with E-state index in [-0.39, 0.29) is 61.2 Å². The number of rotatable bonds is 14. The minimum atomic E-state index is -1.19. The van der Waals surface area contributed by atoms with Crippen molar-refractivity contribution in [3.8, 4) is 12.3 Å². The first-order chi connectivity index (χ1) is 26.5. The Morgan fingerprint density at radius 3 is 2.40 bits per heavy atom. The Labute approximate surface area is 322 Å². The van der Waals surface area contributed by atoms with Gasteiger partial charge in [0.05, 0.1) is 17.8 Å². The number of hydrogen-bond donors (Lipinski definition) is 3. The zero-order chi connectivity index (χ0) is 39.3. The average molecular weight is 750 g/mol. The van der Waals surface area contributed by atoms with Crippen molar-refractivity contribution >= 4 is 35.3 Å². The second kappa shape index (κ2) is 17.0. The molecule has 1 aromatic heterocycles. The number of benzene rings is 1. The molecule has 0 radical (unpaired) electrons. The molecule has 13 nitrogen and oxygen atoms in total. The maximum atomic E-state index is 15.4. The summed E-state index contributed by atoms with van der Waals surface area (Å²) in [6, 6.07) is 4.13. The third-order valence-electron chi connectivity index (χ3n) is 12.0. The van der Waals surface area contributed by atoms with E-state index in [1.807, 2.05) is 26.0 Å². The van der Waals surface area contributed by atoms with E-state index >= 15 is 4.79 Å². The highest BCUT2D eigenvalue weighted by atomic mass is 16.2. The molecule has 2 aliphatic heterocycles. The number of carbonyl (C=O) groups is 6. The van der Waals surface area contributed by atoms with Crippen molar-refractivity contribution in [2.45, 2.75) is 108 Å². The molecule has 2 aromatic rings. The number of amides is 5. The van der Waals surface area contributed by atoms with Crippen molar-refractivity contribution in [1.29, 1.82) is 0 Å². The second-order valence-electron chi connectivity index (χ2n) is 15.6. The summed E-state index contributed by atoms with van der Waals surface area (Å²) in [6.07, 6.45) is 16.9. The Balaban J connectivity index is 1.34. The van der Waals surface area contributed by atoms with Crippen molar-refractivity contribution in [1.82, 2.24) is 35.7 Å². The molecule has 290 valence electrons. The summed E-state index contributed by atoms with van der Waals surface area (Å²) in [5, 5.41) is 8.24. The van der Waals surface area contributed by atoms with Gasteiger partial charge in [-0.05, 0) is 67.4 Å². The highest BCUT2D eigenvalue weighted by Gasteiger charge is 2.65. The zero-order valence-electron chi connectivity index (χ0n) is 31.7. The molecule has 1 unspecified atom stereocenters. The maximum Gasteiger partial charge on any atom is 0.289 e. The molecular formula is C42H51N7O6. The summed E-state index contributed by atoms with van der Waals surface area (Å²) < 4.78 is 0. The Kier molecular flexibility index (Phi) is 12.1. The fraction of sp³-hybridized carbons (Fsp3) is 0.524. The molecule has 1 spiro atoms. The van der Waals surface area contributed by atoms with Gasteiger partial charge in [-0.2, -0.15) is 0 Å². The lowest BCUT2D eigenvalue weighted by Gasteiger charge is -2.62. The van der Waals surface area contributed by atoms with Gasteiger partial charge in [0.15, 0.2) is 0 Å². The summed E-state index contributed by atoms with van der Waals surface area (Å²) in [7, 11) is 0. The SMILES string of the molecule is C#CCCC(NC(=O)[C@@H]1[C@@H](C(C)C)CCN1C(=O)[C@H](C1Cc2ccccc2C1)N1C(=O)[C@@H](NC(=O)c2cnccn2)C12CCCCC2)C(=O)C(=O)NCC=C. The molecule has 1 aromatic carbocycles. The van der Waals surface area contributed by atoms with Gasteiger partial charge in [0, 0.05) is 31.9 Å². The van der Waals surface area contributed by atoms with Crippen LogP contribution >= 0.6 is 0 Å². The standard InChI is InChI=1S/C42H51N7O6/c1-5-7-15-31(35(50)39(53)45-19-6-2)46-38(52)34-30(26(3)4)16-22-48(34)40(54)33(29-23-27-13-9-10-14-28(27)24-29)49-41(55)36(42(49)17-11-8-12-18-42)47-37(51)32-25-43-20-21-44-32/h1,6,9-10,13-14,20-21,25-26,29-31,33-34,36H,2,7-8,11-12,15-19,22-24H2,3-4H3,(H,45,53)(H,46,52)(H,47,51)/t30-,31?,33+,34+,36-/m1/s1. The molecule has 13 heteroatoms. The first-order valence-corrected chi connectivity index (χ1v) is 19.5. The summed E-state index contributed by atoms with van der Waals surface area (Å²) in [4.78, 5) is 95.3. The highest BCUT2D eigenvalue weighted by molar-refractivity contribution is 6.38. The molecule has 2 aliphatic carbocycles. The van der Waals surface area contributed by atoms with Crippen LogP contribution in [-0.2, 0) is 36.8 Å². The van der Waals surface area contributed by atoms with Gasteiger partial charge in [-0.1, -0.05) is 63.5 Å². The van der Waals surface area contributed by atoms with Gasteiger partial charge in [0.1, 0.15) is 23.8 Å². The van der Waals surface area contributed by atoms with E-state index < -0.39 is 53.2 Å². The van der Waals surface area contributed by atoms with Crippen LogP contribution in [0.25, 0.3) is 0 Å². The predicted octanol–water partition coefficient (Wildman–Crippen LogP) is 2.55. The van der Waals surface area contributed by atoms with E-state index in [1.165, 1.54) is 24.7 Å². The molecular weight excluding hydrogens is 699 g/mol. The van der Waals surface area contributed by atoms with Crippen molar-refractivity contribution in [2.75, 3.05) is 13.1 Å². The Hall–Kier alpha value is -5.38. The number of terminal acetylenes is 1. The quantitative estimate of drug-likeness (QED) is 0.115. The molecule has 5 atom stereocenters. The number of β-lactam (4-membered cyclic amide) rings is 1. The van der Waals surface area contributed by atoms with Crippen LogP contribution in [0.1, 0.15) is 86.8 Å². The van der Waals surface area contributed by atoms with Gasteiger partial charge in [-0.25, -0.2) is 4.98 Å². The molecule has 2 saturated heterocycles. The number of hydrogen-bond acceptors (Lipinski definition) is 8. The van der Waals surface area contributed by atoms with Crippen LogP contribution in [0.2, 0.25) is 0 Å². The predicted molar refractivity (Wildman–Crippen MR) is 204 cm³/mol. The molecule has 3 fully saturated rings. The molecule has 4 aliphatic rings. The number of nitrogens with zero attached hydrogens (tertiary/aromatic N) is 4. The average Bonchev–Trinajstić information content (AvgIpc) is 3.85. The smallest absolute Gasteiger partial charge is 0.289 e. The Morgan fingerprint density at radius 1 is 1.07 bits per heavy atom. The topological polar surface area (TPSA) is 171 Å². The van der Waals surface area contributed by atoms with Crippen LogP contribution in [0, 0.1) is 30.1 Å². The third kappa shape index (κ3) is 7.77. The number of nitrogens with one attached hydrogen (secondary N) is 3. The number of carbonyl (C=O) groups excluding carboxylic acids is 6. The Bertz CT molecular complexity index is 1830. The van der Waals surface area contributed by atoms with Gasteiger partial charge in [-0.15, -0.1) is 18.9 Å². The van der Waals surface area contributed by atoms with Gasteiger partial charge >= 0.3 is 0 Å². The van der Waals surface area contributed by atoms with Crippen LogP contribution in [0.3, 0.4) is 0 Å². The summed E-state index contributed by atoms with van der Waals surface area (Å²) >= 11 is 0. The monoisotopic (exact) mass is 749 g/mol. The van der Waals surface area contributed by atoms with Crippen LogP contribution in [0.15, 0.2) is 55.5 Å². The minimum Gasteiger partial charge on any atom is -0.346 e. The van der Waals surface area contributed by atoms with E-state index in [1.54, 1.807) is 9.80 Å². The van der Waals surface area contributed by atoms with Crippen LogP contribution in [0.5, 0.6) is 0 Å². The van der Waals surface area contributed by atoms with E-state index in [2.05, 4.69) is 50.6 Å².